The molecule has 0 aromatic heterocycles. The van der Waals surface area contributed by atoms with Gasteiger partial charge in [0, 0.05) is 5.92 Å². The number of allylic oxidation sites excluding steroid dienone is 2. The summed E-state index contributed by atoms with van der Waals surface area (Å²) in [6.07, 6.45) is 5.42. The number of aliphatic hydroxyl groups is 1. The van der Waals surface area contributed by atoms with Gasteiger partial charge in [0.1, 0.15) is 0 Å². The summed E-state index contributed by atoms with van der Waals surface area (Å²) in [5, 5.41) is 10.6. The molecular formula is C15H24O. The number of hydrogen-bond donors (Lipinski definition) is 1. The van der Waals surface area contributed by atoms with Crippen LogP contribution in [0.25, 0.3) is 0 Å². The number of rotatable bonds is 1. The van der Waals surface area contributed by atoms with Crippen molar-refractivity contribution < 1.29 is 5.11 Å². The zero-order valence-electron chi connectivity index (χ0n) is 11.0. The summed E-state index contributed by atoms with van der Waals surface area (Å²) >= 11 is 0. The van der Waals surface area contributed by atoms with Crippen LogP contribution in [0.1, 0.15) is 47.0 Å². The molecule has 2 aliphatic rings. The molecule has 0 spiro atoms. The maximum absolute atomic E-state index is 10.6. The first-order valence-electron chi connectivity index (χ1n) is 6.34. The Morgan fingerprint density at radius 1 is 1.50 bits per heavy atom. The lowest BCUT2D eigenvalue weighted by atomic mass is 9.51. The Bertz CT molecular complexity index is 350. The Morgan fingerprint density at radius 2 is 2.12 bits per heavy atom. The Balaban J connectivity index is 2.45. The predicted octanol–water partition coefficient (Wildman–Crippen LogP) is 3.70. The summed E-state index contributed by atoms with van der Waals surface area (Å²) in [6.45, 7) is 12.8. The van der Waals surface area contributed by atoms with Crippen LogP contribution < -0.4 is 0 Å². The third-order valence-corrected chi connectivity index (χ3v) is 5.17. The molecule has 0 aromatic carbocycles. The standard InChI is InChI=1S/C15H24O/c1-10(2)15-7-6-11(3)13(9-15)14(5,16)8-12(15)4/h6,12-13,16H,1,7-9H2,2-5H3/t12-,13-,14+,15-/m1/s1. The number of hydrogen-bond acceptors (Lipinski definition) is 1. The molecule has 1 N–H and O–H groups in total. The molecule has 0 heterocycles. The molecule has 1 fully saturated rings. The summed E-state index contributed by atoms with van der Waals surface area (Å²) in [5.74, 6) is 0.856. The van der Waals surface area contributed by atoms with E-state index in [9.17, 15) is 5.11 Å². The van der Waals surface area contributed by atoms with Crippen LogP contribution in [-0.2, 0) is 0 Å². The molecule has 2 rings (SSSR count). The summed E-state index contributed by atoms with van der Waals surface area (Å²) in [4.78, 5) is 0. The molecule has 2 bridgehead atoms. The van der Waals surface area contributed by atoms with Crippen molar-refractivity contribution in [1.82, 2.24) is 0 Å². The summed E-state index contributed by atoms with van der Waals surface area (Å²) in [5.41, 5.74) is 2.38. The van der Waals surface area contributed by atoms with E-state index < -0.39 is 5.60 Å². The lowest BCUT2D eigenvalue weighted by Gasteiger charge is -2.55. The highest BCUT2D eigenvalue weighted by molar-refractivity contribution is 5.26. The van der Waals surface area contributed by atoms with Crippen LogP contribution >= 0.6 is 0 Å². The smallest absolute Gasteiger partial charge is 0.0687 e. The maximum Gasteiger partial charge on any atom is 0.0687 e. The minimum Gasteiger partial charge on any atom is -0.390 e. The largest absolute Gasteiger partial charge is 0.390 e. The highest BCUT2D eigenvalue weighted by atomic mass is 16.3. The van der Waals surface area contributed by atoms with Crippen LogP contribution in [0.3, 0.4) is 0 Å². The minimum atomic E-state index is -0.528. The first kappa shape index (κ1) is 11.9. The van der Waals surface area contributed by atoms with Crippen molar-refractivity contribution in [2.45, 2.75) is 52.6 Å². The second-order valence-corrected chi connectivity index (χ2v) is 6.31. The molecule has 0 saturated heterocycles. The molecule has 0 amide bonds. The highest BCUT2D eigenvalue weighted by Gasteiger charge is 2.52. The molecule has 0 radical (unpaired) electrons. The van der Waals surface area contributed by atoms with E-state index in [1.807, 2.05) is 6.92 Å². The van der Waals surface area contributed by atoms with Crippen LogP contribution in [0.5, 0.6) is 0 Å². The Labute approximate surface area is 99.3 Å². The predicted molar refractivity (Wildman–Crippen MR) is 68.1 cm³/mol. The molecule has 1 nitrogen and oxygen atoms in total. The van der Waals surface area contributed by atoms with E-state index in [0.29, 0.717) is 11.8 Å². The second kappa shape index (κ2) is 3.46. The topological polar surface area (TPSA) is 20.2 Å². The van der Waals surface area contributed by atoms with Gasteiger partial charge >= 0.3 is 0 Å². The van der Waals surface area contributed by atoms with Crippen molar-refractivity contribution in [1.29, 1.82) is 0 Å². The average molecular weight is 220 g/mol. The van der Waals surface area contributed by atoms with E-state index in [1.165, 1.54) is 11.1 Å². The molecule has 1 saturated carbocycles. The van der Waals surface area contributed by atoms with Crippen molar-refractivity contribution >= 4 is 0 Å². The van der Waals surface area contributed by atoms with Crippen LogP contribution in [0.4, 0.5) is 0 Å². The molecule has 1 heteroatoms. The van der Waals surface area contributed by atoms with Crippen molar-refractivity contribution in [3.63, 3.8) is 0 Å². The van der Waals surface area contributed by atoms with Gasteiger partial charge in [-0.2, -0.15) is 0 Å². The van der Waals surface area contributed by atoms with Crippen molar-refractivity contribution in [3.05, 3.63) is 23.8 Å². The van der Waals surface area contributed by atoms with Crippen LogP contribution in [-0.4, -0.2) is 10.7 Å². The van der Waals surface area contributed by atoms with Gasteiger partial charge in [0.15, 0.2) is 0 Å². The lowest BCUT2D eigenvalue weighted by Crippen LogP contribution is -2.51. The summed E-state index contributed by atoms with van der Waals surface area (Å²) in [7, 11) is 0. The Kier molecular flexibility index (Phi) is 2.58. The normalized spacial score (nSPS) is 47.4. The number of fused-ring (bicyclic) bond motifs is 2. The summed E-state index contributed by atoms with van der Waals surface area (Å²) in [6, 6.07) is 0. The van der Waals surface area contributed by atoms with Crippen molar-refractivity contribution in [3.8, 4) is 0 Å². The fourth-order valence-electron chi connectivity index (χ4n) is 3.93. The minimum absolute atomic E-state index is 0.242. The van der Waals surface area contributed by atoms with E-state index in [-0.39, 0.29) is 5.41 Å². The molecule has 16 heavy (non-hydrogen) atoms. The monoisotopic (exact) mass is 220 g/mol. The SMILES string of the molecule is C=C(C)[C@@]12CC=C(C)[C@@H](C1)[C@@](C)(O)C[C@H]2C. The highest BCUT2D eigenvalue weighted by Crippen LogP contribution is 2.57. The fraction of sp³-hybridized carbons (Fsp3) is 0.733. The van der Waals surface area contributed by atoms with Crippen LogP contribution in [0, 0.1) is 17.3 Å². The Hall–Kier alpha value is -0.560. The molecule has 90 valence electrons. The van der Waals surface area contributed by atoms with Gasteiger partial charge in [-0.3, -0.25) is 0 Å². The van der Waals surface area contributed by atoms with Gasteiger partial charge in [-0.25, -0.2) is 0 Å². The first-order valence-corrected chi connectivity index (χ1v) is 6.34. The van der Waals surface area contributed by atoms with Gasteiger partial charge in [0.05, 0.1) is 5.60 Å². The van der Waals surface area contributed by atoms with Gasteiger partial charge in [-0.05, 0) is 51.4 Å². The van der Waals surface area contributed by atoms with Crippen molar-refractivity contribution in [2.75, 3.05) is 0 Å². The van der Waals surface area contributed by atoms with Gasteiger partial charge in [0.25, 0.3) is 0 Å². The third kappa shape index (κ3) is 1.48. The van der Waals surface area contributed by atoms with Crippen molar-refractivity contribution in [2.24, 2.45) is 17.3 Å². The van der Waals surface area contributed by atoms with Crippen LogP contribution in [0.15, 0.2) is 23.8 Å². The maximum atomic E-state index is 10.6. The zero-order chi connectivity index (χ0) is 12.1. The first-order chi connectivity index (χ1) is 7.29. The van der Waals surface area contributed by atoms with E-state index in [4.69, 9.17) is 0 Å². The quantitative estimate of drug-likeness (QED) is 0.668. The van der Waals surface area contributed by atoms with E-state index in [1.54, 1.807) is 0 Å². The Morgan fingerprint density at radius 3 is 2.69 bits per heavy atom. The molecule has 0 aromatic rings. The molecule has 0 aliphatic heterocycles. The summed E-state index contributed by atoms with van der Waals surface area (Å²) < 4.78 is 0. The third-order valence-electron chi connectivity index (χ3n) is 5.17. The molecule has 4 atom stereocenters. The molecule has 0 unspecified atom stereocenters. The van der Waals surface area contributed by atoms with Crippen LogP contribution in [0.2, 0.25) is 0 Å². The zero-order valence-corrected chi connectivity index (χ0v) is 11.0. The van der Waals surface area contributed by atoms with Gasteiger partial charge in [0.2, 0.25) is 0 Å². The van der Waals surface area contributed by atoms with Gasteiger partial charge < -0.3 is 5.11 Å². The average Bonchev–Trinajstić information content (AvgIpc) is 2.15. The van der Waals surface area contributed by atoms with Gasteiger partial charge in [-0.15, -0.1) is 0 Å². The second-order valence-electron chi connectivity index (χ2n) is 6.31. The molecule has 2 aliphatic carbocycles. The van der Waals surface area contributed by atoms with E-state index in [0.717, 1.165) is 19.3 Å². The fourth-order valence-corrected chi connectivity index (χ4v) is 3.93. The molecular weight excluding hydrogens is 196 g/mol. The lowest BCUT2D eigenvalue weighted by molar-refractivity contribution is -0.0805. The van der Waals surface area contributed by atoms with E-state index >= 15 is 0 Å². The van der Waals surface area contributed by atoms with Gasteiger partial charge in [-0.1, -0.05) is 30.7 Å². The van der Waals surface area contributed by atoms with E-state index in [2.05, 4.69) is 33.4 Å².